The first-order valence-electron chi connectivity index (χ1n) is 6.96. The number of benzene rings is 1. The molecule has 0 heterocycles. The number of sulfonamides is 1. The Morgan fingerprint density at radius 3 is 2.24 bits per heavy atom. The minimum Gasteiger partial charge on any atom is -0.398 e. The van der Waals surface area contributed by atoms with Crippen LogP contribution in [0.15, 0.2) is 21.5 Å². The van der Waals surface area contributed by atoms with Crippen LogP contribution in [0.1, 0.15) is 33.3 Å². The smallest absolute Gasteiger partial charge is 0.240 e. The molecule has 1 aromatic carbocycles. The van der Waals surface area contributed by atoms with Crippen LogP contribution in [-0.4, -0.2) is 15.0 Å². The minimum atomic E-state index is -3.55. The van der Waals surface area contributed by atoms with Gasteiger partial charge in [-0.15, -0.1) is 0 Å². The molecule has 3 N–H and O–H groups in total. The molecule has 6 heteroatoms. The highest BCUT2D eigenvalue weighted by atomic mass is 79.9. The molecule has 1 aliphatic rings. The Morgan fingerprint density at radius 2 is 1.76 bits per heavy atom. The maximum Gasteiger partial charge on any atom is 0.240 e. The summed E-state index contributed by atoms with van der Waals surface area (Å²) in [6, 6.07) is 3.30. The van der Waals surface area contributed by atoms with Crippen LogP contribution in [0, 0.1) is 23.7 Å². The number of anilines is 1. The first-order chi connectivity index (χ1) is 9.41. The zero-order valence-electron chi connectivity index (χ0n) is 13.1. The van der Waals surface area contributed by atoms with Crippen molar-refractivity contribution >= 4 is 31.6 Å². The third-order valence-electron chi connectivity index (χ3n) is 5.45. The molecular formula is C15H23BrN2O2S. The molecule has 0 radical (unpaired) electrons. The summed E-state index contributed by atoms with van der Waals surface area (Å²) in [5, 5.41) is 0. The molecular weight excluding hydrogens is 352 g/mol. The van der Waals surface area contributed by atoms with Crippen LogP contribution in [0.3, 0.4) is 0 Å². The average molecular weight is 375 g/mol. The van der Waals surface area contributed by atoms with E-state index in [2.05, 4.69) is 48.3 Å². The average Bonchev–Trinajstić information content (AvgIpc) is 2.71. The van der Waals surface area contributed by atoms with E-state index in [-0.39, 0.29) is 15.7 Å². The fraction of sp³-hybridized carbons (Fsp3) is 0.600. The molecule has 0 aromatic heterocycles. The van der Waals surface area contributed by atoms with Crippen LogP contribution in [0.25, 0.3) is 0 Å². The van der Waals surface area contributed by atoms with E-state index in [4.69, 9.17) is 5.73 Å². The number of hydrogen-bond donors (Lipinski definition) is 2. The Kier molecular flexibility index (Phi) is 3.96. The lowest BCUT2D eigenvalue weighted by atomic mass is 10.0. The number of nitrogens with one attached hydrogen (secondary N) is 1. The monoisotopic (exact) mass is 374 g/mol. The molecule has 0 unspecified atom stereocenters. The Bertz CT molecular complexity index is 667. The summed E-state index contributed by atoms with van der Waals surface area (Å²) in [6.07, 6.45) is 0. The maximum absolute atomic E-state index is 12.5. The molecule has 0 spiro atoms. The number of nitrogen functional groups attached to an aromatic ring is 1. The molecule has 0 saturated heterocycles. The molecule has 21 heavy (non-hydrogen) atoms. The minimum absolute atomic E-state index is 0.154. The molecule has 1 saturated carbocycles. The first-order valence-corrected chi connectivity index (χ1v) is 9.24. The van der Waals surface area contributed by atoms with Crippen molar-refractivity contribution in [2.24, 2.45) is 16.7 Å². The van der Waals surface area contributed by atoms with Gasteiger partial charge in [0.2, 0.25) is 10.0 Å². The highest BCUT2D eigenvalue weighted by Crippen LogP contribution is 2.68. The standard InChI is InChI=1S/C15H23BrN2O2S/c1-9-11(17)6-10(16)7-12(9)21(19,20)18-8-13-14(2,3)15(13,4)5/h6-7,13,18H,8,17H2,1-5H3. The quantitative estimate of drug-likeness (QED) is 0.794. The largest absolute Gasteiger partial charge is 0.398 e. The number of nitrogens with two attached hydrogens (primary N) is 1. The van der Waals surface area contributed by atoms with Crippen molar-refractivity contribution in [3.8, 4) is 0 Å². The van der Waals surface area contributed by atoms with E-state index in [1.54, 1.807) is 19.1 Å². The zero-order chi connectivity index (χ0) is 16.2. The van der Waals surface area contributed by atoms with E-state index in [1.807, 2.05) is 0 Å². The van der Waals surface area contributed by atoms with Gasteiger partial charge in [-0.05, 0) is 41.4 Å². The van der Waals surface area contributed by atoms with Gasteiger partial charge in [0.15, 0.2) is 0 Å². The second kappa shape index (κ2) is 4.96. The van der Waals surface area contributed by atoms with E-state index >= 15 is 0 Å². The van der Waals surface area contributed by atoms with Gasteiger partial charge in [0.1, 0.15) is 0 Å². The summed E-state index contributed by atoms with van der Waals surface area (Å²) in [5.74, 6) is 0.338. The lowest BCUT2D eigenvalue weighted by Crippen LogP contribution is -2.28. The van der Waals surface area contributed by atoms with Crippen LogP contribution >= 0.6 is 15.9 Å². The number of rotatable bonds is 4. The number of hydrogen-bond acceptors (Lipinski definition) is 3. The van der Waals surface area contributed by atoms with Crippen molar-refractivity contribution in [3.63, 3.8) is 0 Å². The fourth-order valence-corrected chi connectivity index (χ4v) is 5.04. The predicted octanol–water partition coefficient (Wildman–Crippen LogP) is 3.30. The van der Waals surface area contributed by atoms with Gasteiger partial charge in [0.25, 0.3) is 0 Å². The highest BCUT2D eigenvalue weighted by molar-refractivity contribution is 9.10. The molecule has 0 bridgehead atoms. The van der Waals surface area contributed by atoms with Crippen LogP contribution in [0.2, 0.25) is 0 Å². The molecule has 0 amide bonds. The van der Waals surface area contributed by atoms with Gasteiger partial charge < -0.3 is 5.73 Å². The Hall–Kier alpha value is -0.590. The van der Waals surface area contributed by atoms with Crippen LogP contribution in [-0.2, 0) is 10.0 Å². The molecule has 1 aromatic rings. The Balaban J connectivity index is 2.22. The lowest BCUT2D eigenvalue weighted by molar-refractivity contribution is 0.457. The van der Waals surface area contributed by atoms with Crippen molar-refractivity contribution in [2.45, 2.75) is 39.5 Å². The molecule has 1 aliphatic carbocycles. The topological polar surface area (TPSA) is 72.2 Å². The molecule has 1 fully saturated rings. The van der Waals surface area contributed by atoms with Crippen molar-refractivity contribution in [2.75, 3.05) is 12.3 Å². The van der Waals surface area contributed by atoms with E-state index in [9.17, 15) is 8.42 Å². The van der Waals surface area contributed by atoms with Crippen LogP contribution in [0.5, 0.6) is 0 Å². The van der Waals surface area contributed by atoms with E-state index in [0.29, 0.717) is 28.2 Å². The van der Waals surface area contributed by atoms with Crippen molar-refractivity contribution < 1.29 is 8.42 Å². The molecule has 4 nitrogen and oxygen atoms in total. The maximum atomic E-state index is 12.5. The van der Waals surface area contributed by atoms with E-state index < -0.39 is 10.0 Å². The Labute approximate surface area is 135 Å². The molecule has 0 aliphatic heterocycles. The number of halogens is 1. The van der Waals surface area contributed by atoms with Crippen LogP contribution < -0.4 is 10.5 Å². The zero-order valence-corrected chi connectivity index (χ0v) is 15.5. The summed E-state index contributed by atoms with van der Waals surface area (Å²) >= 11 is 3.30. The van der Waals surface area contributed by atoms with Gasteiger partial charge in [-0.3, -0.25) is 0 Å². The molecule has 0 atom stereocenters. The summed E-state index contributed by atoms with van der Waals surface area (Å²) < 4.78 is 28.5. The summed E-state index contributed by atoms with van der Waals surface area (Å²) in [5.41, 5.74) is 7.21. The van der Waals surface area contributed by atoms with Crippen molar-refractivity contribution in [1.82, 2.24) is 4.72 Å². The summed E-state index contributed by atoms with van der Waals surface area (Å²) in [7, 11) is -3.55. The second-order valence-electron chi connectivity index (χ2n) is 6.97. The Morgan fingerprint density at radius 1 is 1.24 bits per heavy atom. The third kappa shape index (κ3) is 2.73. The van der Waals surface area contributed by atoms with Gasteiger partial charge in [0.05, 0.1) is 4.90 Å². The first kappa shape index (κ1) is 16.8. The van der Waals surface area contributed by atoms with Gasteiger partial charge in [0, 0.05) is 16.7 Å². The van der Waals surface area contributed by atoms with Crippen LogP contribution in [0.4, 0.5) is 5.69 Å². The van der Waals surface area contributed by atoms with Crippen molar-refractivity contribution in [1.29, 1.82) is 0 Å². The van der Waals surface area contributed by atoms with Gasteiger partial charge >= 0.3 is 0 Å². The third-order valence-corrected chi connectivity index (χ3v) is 7.46. The summed E-state index contributed by atoms with van der Waals surface area (Å²) in [4.78, 5) is 0.241. The van der Waals surface area contributed by atoms with Gasteiger partial charge in [-0.2, -0.15) is 0 Å². The van der Waals surface area contributed by atoms with Gasteiger partial charge in [-0.25, -0.2) is 13.1 Å². The lowest BCUT2D eigenvalue weighted by Gasteiger charge is -2.12. The van der Waals surface area contributed by atoms with Crippen molar-refractivity contribution in [3.05, 3.63) is 22.2 Å². The van der Waals surface area contributed by atoms with Gasteiger partial charge in [-0.1, -0.05) is 43.6 Å². The predicted molar refractivity (Wildman–Crippen MR) is 89.5 cm³/mol. The fourth-order valence-electron chi connectivity index (χ4n) is 3.07. The SMILES string of the molecule is Cc1c(N)cc(Br)cc1S(=O)(=O)NCC1C(C)(C)C1(C)C. The highest BCUT2D eigenvalue weighted by Gasteiger charge is 2.64. The summed E-state index contributed by atoms with van der Waals surface area (Å²) in [6.45, 7) is 10.9. The second-order valence-corrected chi connectivity index (χ2v) is 9.62. The molecule has 118 valence electrons. The normalized spacial score (nSPS) is 20.5. The molecule has 2 rings (SSSR count). The van der Waals surface area contributed by atoms with E-state index in [1.165, 1.54) is 0 Å². The van der Waals surface area contributed by atoms with E-state index in [0.717, 1.165) is 0 Å².